The van der Waals surface area contributed by atoms with E-state index in [4.69, 9.17) is 0 Å². The summed E-state index contributed by atoms with van der Waals surface area (Å²) < 4.78 is 45.3. The van der Waals surface area contributed by atoms with Gasteiger partial charge in [0, 0.05) is 24.1 Å². The van der Waals surface area contributed by atoms with E-state index in [-0.39, 0.29) is 11.4 Å². The predicted octanol–water partition coefficient (Wildman–Crippen LogP) is 4.28. The van der Waals surface area contributed by atoms with Gasteiger partial charge < -0.3 is 0 Å². The molecule has 30 heavy (non-hydrogen) atoms. The SMILES string of the molecule is Cc1ccc([O])c(-c2nsc3ccc(-n4c(=O)cc(C(F)(F)F)n(C)c4=O)cc23)c1. The van der Waals surface area contributed by atoms with Crippen LogP contribution in [0.1, 0.15) is 11.3 Å². The molecule has 0 saturated carbocycles. The molecular weight excluding hydrogens is 419 g/mol. The zero-order chi connectivity index (χ0) is 21.8. The monoisotopic (exact) mass is 432 g/mol. The highest BCUT2D eigenvalue weighted by atomic mass is 32.1. The van der Waals surface area contributed by atoms with E-state index in [1.807, 2.05) is 6.92 Å². The van der Waals surface area contributed by atoms with E-state index in [9.17, 15) is 27.9 Å². The number of fused-ring (bicyclic) bond motifs is 1. The van der Waals surface area contributed by atoms with Gasteiger partial charge in [0.25, 0.3) is 5.56 Å². The minimum absolute atomic E-state index is 0.0865. The molecule has 2 aromatic heterocycles. The van der Waals surface area contributed by atoms with Gasteiger partial charge in [0.1, 0.15) is 5.69 Å². The molecule has 153 valence electrons. The summed E-state index contributed by atoms with van der Waals surface area (Å²) in [4.78, 5) is 24.9. The number of halogens is 3. The molecular formula is C20H13F3N3O3S. The van der Waals surface area contributed by atoms with Crippen LogP contribution in [0, 0.1) is 6.92 Å². The lowest BCUT2D eigenvalue weighted by Crippen LogP contribution is -2.40. The summed E-state index contributed by atoms with van der Waals surface area (Å²) in [6.07, 6.45) is -4.84. The Kier molecular flexibility index (Phi) is 4.53. The number of rotatable bonds is 2. The molecule has 6 nitrogen and oxygen atoms in total. The minimum atomic E-state index is -4.84. The van der Waals surface area contributed by atoms with E-state index in [2.05, 4.69) is 4.37 Å². The van der Waals surface area contributed by atoms with E-state index < -0.39 is 23.1 Å². The maximum Gasteiger partial charge on any atom is 0.431 e. The molecule has 0 spiro atoms. The minimum Gasteiger partial charge on any atom is -0.292 e. The molecule has 4 aromatic rings. The Morgan fingerprint density at radius 1 is 1.03 bits per heavy atom. The molecule has 2 heterocycles. The van der Waals surface area contributed by atoms with Crippen molar-refractivity contribution in [3.63, 3.8) is 0 Å². The van der Waals surface area contributed by atoms with Crippen molar-refractivity contribution < 1.29 is 18.3 Å². The Labute approximate surface area is 171 Å². The van der Waals surface area contributed by atoms with Gasteiger partial charge >= 0.3 is 11.9 Å². The van der Waals surface area contributed by atoms with Crippen molar-refractivity contribution in [2.24, 2.45) is 7.05 Å². The summed E-state index contributed by atoms with van der Waals surface area (Å²) in [5.74, 6) is -0.235. The first-order valence-corrected chi connectivity index (χ1v) is 9.43. The van der Waals surface area contributed by atoms with Crippen molar-refractivity contribution in [2.45, 2.75) is 13.1 Å². The van der Waals surface area contributed by atoms with Crippen LogP contribution in [0.2, 0.25) is 0 Å². The van der Waals surface area contributed by atoms with Gasteiger partial charge in [0.15, 0.2) is 5.75 Å². The van der Waals surface area contributed by atoms with Gasteiger partial charge in [0.05, 0.1) is 16.1 Å². The van der Waals surface area contributed by atoms with Crippen LogP contribution in [0.15, 0.2) is 52.1 Å². The fraction of sp³-hybridized carbons (Fsp3) is 0.150. The fourth-order valence-electron chi connectivity index (χ4n) is 3.22. The Bertz CT molecular complexity index is 1420. The normalized spacial score (nSPS) is 11.9. The first-order chi connectivity index (χ1) is 14.1. The molecule has 0 bridgehead atoms. The topological polar surface area (TPSA) is 76.8 Å². The van der Waals surface area contributed by atoms with Crippen LogP contribution in [0.3, 0.4) is 0 Å². The number of hydrogen-bond acceptors (Lipinski definition) is 4. The highest BCUT2D eigenvalue weighted by Crippen LogP contribution is 2.37. The summed E-state index contributed by atoms with van der Waals surface area (Å²) in [6.45, 7) is 1.83. The quantitative estimate of drug-likeness (QED) is 0.474. The van der Waals surface area contributed by atoms with E-state index in [0.29, 0.717) is 36.5 Å². The lowest BCUT2D eigenvalue weighted by atomic mass is 10.0. The third kappa shape index (κ3) is 3.18. The first-order valence-electron chi connectivity index (χ1n) is 8.66. The van der Waals surface area contributed by atoms with Crippen molar-refractivity contribution in [1.29, 1.82) is 0 Å². The van der Waals surface area contributed by atoms with Gasteiger partial charge in [-0.25, -0.2) is 9.36 Å². The second-order valence-corrected chi connectivity index (χ2v) is 7.56. The molecule has 10 heteroatoms. The lowest BCUT2D eigenvalue weighted by Gasteiger charge is -2.14. The third-order valence-corrected chi connectivity index (χ3v) is 5.54. The number of alkyl halides is 3. The Balaban J connectivity index is 1.96. The summed E-state index contributed by atoms with van der Waals surface area (Å²) in [6, 6.07) is 9.71. The van der Waals surface area contributed by atoms with Crippen molar-refractivity contribution in [1.82, 2.24) is 13.5 Å². The van der Waals surface area contributed by atoms with E-state index in [1.165, 1.54) is 18.2 Å². The molecule has 1 radical (unpaired) electrons. The van der Waals surface area contributed by atoms with Crippen molar-refractivity contribution in [3.05, 3.63) is 74.6 Å². The molecule has 0 atom stereocenters. The van der Waals surface area contributed by atoms with Gasteiger partial charge in [-0.15, -0.1) is 0 Å². The second-order valence-electron chi connectivity index (χ2n) is 6.75. The average Bonchev–Trinajstić information content (AvgIpc) is 3.09. The van der Waals surface area contributed by atoms with Crippen molar-refractivity contribution in [3.8, 4) is 22.7 Å². The predicted molar refractivity (Wildman–Crippen MR) is 106 cm³/mol. The van der Waals surface area contributed by atoms with E-state index >= 15 is 0 Å². The van der Waals surface area contributed by atoms with Crippen LogP contribution < -0.4 is 11.2 Å². The van der Waals surface area contributed by atoms with Gasteiger partial charge in [-0.2, -0.15) is 17.5 Å². The number of benzene rings is 2. The highest BCUT2D eigenvalue weighted by Gasteiger charge is 2.35. The zero-order valence-corrected chi connectivity index (χ0v) is 16.5. The molecule has 0 N–H and O–H groups in total. The van der Waals surface area contributed by atoms with Crippen molar-refractivity contribution >= 4 is 21.6 Å². The van der Waals surface area contributed by atoms with Crippen molar-refractivity contribution in [2.75, 3.05) is 0 Å². The van der Waals surface area contributed by atoms with Crippen LogP contribution in [-0.2, 0) is 18.3 Å². The Morgan fingerprint density at radius 2 is 1.77 bits per heavy atom. The molecule has 0 unspecified atom stereocenters. The van der Waals surface area contributed by atoms with Crippen LogP contribution >= 0.6 is 11.5 Å². The molecule has 0 saturated heterocycles. The van der Waals surface area contributed by atoms with Crippen LogP contribution in [0.4, 0.5) is 13.2 Å². The molecule has 0 fully saturated rings. The number of aryl methyl sites for hydroxylation is 1. The van der Waals surface area contributed by atoms with Crippen LogP contribution in [0.25, 0.3) is 27.0 Å². The average molecular weight is 432 g/mol. The standard InChI is InChI=1S/C20H13F3N3O3S/c1-10-3-5-14(27)12(7-10)18-13-8-11(4-6-15(13)30-24-18)26-17(28)9-16(20(21,22)23)25(2)19(26)29/h3-9H,1-2H3. The summed E-state index contributed by atoms with van der Waals surface area (Å²) >= 11 is 1.14. The van der Waals surface area contributed by atoms with Crippen LogP contribution in [0.5, 0.6) is 5.75 Å². The second kappa shape index (κ2) is 6.84. The molecule has 0 amide bonds. The Morgan fingerprint density at radius 3 is 2.47 bits per heavy atom. The zero-order valence-electron chi connectivity index (χ0n) is 15.6. The maximum atomic E-state index is 13.1. The summed E-state index contributed by atoms with van der Waals surface area (Å²) in [5, 5.41) is 12.8. The van der Waals surface area contributed by atoms with Gasteiger partial charge in [-0.05, 0) is 48.8 Å². The number of aromatic nitrogens is 3. The molecule has 0 aliphatic heterocycles. The summed E-state index contributed by atoms with van der Waals surface area (Å²) in [7, 11) is 0.952. The number of hydrogen-bond donors (Lipinski definition) is 0. The van der Waals surface area contributed by atoms with Gasteiger partial charge in [-0.1, -0.05) is 11.6 Å². The molecule has 4 rings (SSSR count). The molecule has 0 aliphatic rings. The molecule has 2 aromatic carbocycles. The van der Waals surface area contributed by atoms with Gasteiger partial charge in [0.2, 0.25) is 0 Å². The Hall–Kier alpha value is -3.40. The highest BCUT2D eigenvalue weighted by molar-refractivity contribution is 7.13. The van der Waals surface area contributed by atoms with Crippen LogP contribution in [-0.4, -0.2) is 13.5 Å². The number of nitrogens with zero attached hydrogens (tertiary/aromatic N) is 3. The maximum absolute atomic E-state index is 13.1. The molecule has 0 aliphatic carbocycles. The lowest BCUT2D eigenvalue weighted by molar-refractivity contribution is -0.144. The van der Waals surface area contributed by atoms with E-state index in [1.54, 1.807) is 18.2 Å². The first kappa shape index (κ1) is 19.9. The largest absolute Gasteiger partial charge is 0.431 e. The van der Waals surface area contributed by atoms with Gasteiger partial charge in [-0.3, -0.25) is 14.5 Å². The summed E-state index contributed by atoms with van der Waals surface area (Å²) in [5.41, 5.74) is -1.86. The third-order valence-electron chi connectivity index (χ3n) is 4.71. The smallest absolute Gasteiger partial charge is 0.292 e. The fourth-order valence-corrected chi connectivity index (χ4v) is 3.99. The van der Waals surface area contributed by atoms with E-state index in [0.717, 1.165) is 24.1 Å².